The van der Waals surface area contributed by atoms with Gasteiger partial charge >= 0.3 is 6.09 Å². The number of carbonyl (C=O) groups excluding carboxylic acids is 3. The van der Waals surface area contributed by atoms with E-state index in [9.17, 15) is 14.4 Å². The van der Waals surface area contributed by atoms with Crippen LogP contribution in [0.3, 0.4) is 0 Å². The van der Waals surface area contributed by atoms with Gasteiger partial charge in [0.25, 0.3) is 0 Å². The van der Waals surface area contributed by atoms with Crippen LogP contribution in [0.2, 0.25) is 0 Å². The summed E-state index contributed by atoms with van der Waals surface area (Å²) in [5.74, 6) is -1.64. The number of fused-ring (bicyclic) bond motifs is 1. The lowest BCUT2D eigenvalue weighted by Gasteiger charge is -2.21. The van der Waals surface area contributed by atoms with Crippen LogP contribution in [0.1, 0.15) is 37.9 Å². The van der Waals surface area contributed by atoms with Crippen LogP contribution in [0.15, 0.2) is 53.2 Å². The van der Waals surface area contributed by atoms with Crippen molar-refractivity contribution < 1.29 is 19.1 Å². The topological polar surface area (TPSA) is 78.3 Å². The summed E-state index contributed by atoms with van der Waals surface area (Å²) >= 11 is 1.52. The van der Waals surface area contributed by atoms with Crippen molar-refractivity contribution in [2.45, 2.75) is 38.7 Å². The zero-order valence-corrected chi connectivity index (χ0v) is 17.8. The zero-order valence-electron chi connectivity index (χ0n) is 17.0. The van der Waals surface area contributed by atoms with Gasteiger partial charge in [-0.3, -0.25) is 9.59 Å². The Morgan fingerprint density at radius 3 is 2.67 bits per heavy atom. The number of carbonyl (C=O) groups is 3. The van der Waals surface area contributed by atoms with Crippen molar-refractivity contribution in [3.05, 3.63) is 64.5 Å². The minimum atomic E-state index is -0.828. The maximum absolute atomic E-state index is 13.1. The van der Waals surface area contributed by atoms with Crippen LogP contribution >= 0.6 is 11.3 Å². The number of ketones is 2. The molecule has 0 amide bonds. The predicted molar refractivity (Wildman–Crippen MR) is 115 cm³/mol. The van der Waals surface area contributed by atoms with Crippen LogP contribution in [0.25, 0.3) is 10.9 Å². The quantitative estimate of drug-likeness (QED) is 0.580. The van der Waals surface area contributed by atoms with Gasteiger partial charge in [-0.25, -0.2) is 4.79 Å². The first-order chi connectivity index (χ1) is 14.2. The molecule has 4 rings (SSSR count). The highest BCUT2D eigenvalue weighted by Gasteiger charge is 2.36. The van der Waals surface area contributed by atoms with Crippen LogP contribution in [0.5, 0.6) is 0 Å². The summed E-state index contributed by atoms with van der Waals surface area (Å²) in [4.78, 5) is 38.3. The molecule has 6 nitrogen and oxygen atoms in total. The molecule has 3 aromatic rings. The SMILES string of the molecule is CC(C)(C)OC(=O)n1nc(CC2C(=O)C=CC(c3ccsc3)C2=O)c2ccccc21. The molecule has 2 unspecified atom stereocenters. The molecule has 7 heteroatoms. The number of ether oxygens (including phenoxy) is 1. The third-order valence-electron chi connectivity index (χ3n) is 4.98. The Balaban J connectivity index is 1.69. The van der Waals surface area contributed by atoms with Gasteiger partial charge < -0.3 is 4.74 Å². The Morgan fingerprint density at radius 2 is 1.97 bits per heavy atom. The molecule has 0 spiro atoms. The Morgan fingerprint density at radius 1 is 1.20 bits per heavy atom. The molecular formula is C23H22N2O4S. The van der Waals surface area contributed by atoms with E-state index in [0.717, 1.165) is 10.9 Å². The Bertz CT molecular complexity index is 1150. The van der Waals surface area contributed by atoms with Crippen molar-refractivity contribution >= 4 is 39.9 Å². The first-order valence-electron chi connectivity index (χ1n) is 9.72. The largest absolute Gasteiger partial charge is 0.442 e. The minimum absolute atomic E-state index is 0.138. The molecule has 1 aromatic carbocycles. The monoisotopic (exact) mass is 422 g/mol. The molecule has 0 saturated carbocycles. The number of hydrogen-bond acceptors (Lipinski definition) is 6. The zero-order chi connectivity index (χ0) is 21.5. The lowest BCUT2D eigenvalue weighted by atomic mass is 9.79. The molecule has 2 atom stereocenters. The molecule has 1 aliphatic rings. The molecule has 154 valence electrons. The average Bonchev–Trinajstić information content (AvgIpc) is 3.32. The number of allylic oxidation sites excluding steroid dienone is 2. The standard InChI is InChI=1S/C23H22N2O4S/c1-23(2,3)29-22(28)25-19-7-5-4-6-16(19)18(24-25)12-17-20(26)9-8-15(21(17)27)14-10-11-30-13-14/h4-11,13,15,17H,12H2,1-3H3. The summed E-state index contributed by atoms with van der Waals surface area (Å²) < 4.78 is 6.67. The second-order valence-corrected chi connectivity index (χ2v) is 9.09. The fourth-order valence-electron chi connectivity index (χ4n) is 3.61. The average molecular weight is 423 g/mol. The van der Waals surface area contributed by atoms with E-state index < -0.39 is 23.5 Å². The highest BCUT2D eigenvalue weighted by Crippen LogP contribution is 2.31. The van der Waals surface area contributed by atoms with Crippen LogP contribution in [0.4, 0.5) is 4.79 Å². The summed E-state index contributed by atoms with van der Waals surface area (Å²) in [6.07, 6.45) is 2.70. The van der Waals surface area contributed by atoms with Gasteiger partial charge in [0.1, 0.15) is 5.60 Å². The Hall–Kier alpha value is -3.06. The van der Waals surface area contributed by atoms with E-state index >= 15 is 0 Å². The third-order valence-corrected chi connectivity index (χ3v) is 5.68. The van der Waals surface area contributed by atoms with E-state index in [1.165, 1.54) is 22.1 Å². The number of rotatable bonds is 3. The molecule has 0 saturated heterocycles. The molecule has 0 fully saturated rings. The number of hydrogen-bond donors (Lipinski definition) is 0. The lowest BCUT2D eigenvalue weighted by Crippen LogP contribution is -2.32. The minimum Gasteiger partial charge on any atom is -0.442 e. The smallest absolute Gasteiger partial charge is 0.435 e. The molecule has 0 bridgehead atoms. The summed E-state index contributed by atoms with van der Waals surface area (Å²) in [7, 11) is 0. The van der Waals surface area contributed by atoms with E-state index in [-0.39, 0.29) is 18.0 Å². The van der Waals surface area contributed by atoms with Crippen molar-refractivity contribution in [1.29, 1.82) is 0 Å². The molecule has 0 aliphatic heterocycles. The highest BCUT2D eigenvalue weighted by molar-refractivity contribution is 7.08. The molecule has 0 radical (unpaired) electrons. The van der Waals surface area contributed by atoms with Gasteiger partial charge in [0.15, 0.2) is 11.6 Å². The molecule has 1 aliphatic carbocycles. The Kier molecular flexibility index (Phi) is 5.15. The van der Waals surface area contributed by atoms with Gasteiger partial charge in [0.2, 0.25) is 0 Å². The normalized spacial score (nSPS) is 19.4. The van der Waals surface area contributed by atoms with Gasteiger partial charge in [-0.15, -0.1) is 0 Å². The van der Waals surface area contributed by atoms with Crippen molar-refractivity contribution in [2.24, 2.45) is 5.92 Å². The molecular weight excluding hydrogens is 400 g/mol. The van der Waals surface area contributed by atoms with Gasteiger partial charge in [-0.1, -0.05) is 24.3 Å². The van der Waals surface area contributed by atoms with Crippen molar-refractivity contribution in [2.75, 3.05) is 0 Å². The number of aromatic nitrogens is 2. The number of nitrogens with zero attached hydrogens (tertiary/aromatic N) is 2. The van der Waals surface area contributed by atoms with Crippen LogP contribution < -0.4 is 0 Å². The van der Waals surface area contributed by atoms with Crippen LogP contribution in [-0.2, 0) is 20.7 Å². The highest BCUT2D eigenvalue weighted by atomic mass is 32.1. The maximum atomic E-state index is 13.1. The fraction of sp³-hybridized carbons (Fsp3) is 0.304. The fourth-order valence-corrected chi connectivity index (χ4v) is 4.30. The first-order valence-corrected chi connectivity index (χ1v) is 10.7. The summed E-state index contributed by atoms with van der Waals surface area (Å²) in [5.41, 5.74) is 1.34. The van der Waals surface area contributed by atoms with Crippen molar-refractivity contribution in [3.8, 4) is 0 Å². The van der Waals surface area contributed by atoms with E-state index in [0.29, 0.717) is 11.2 Å². The van der Waals surface area contributed by atoms with E-state index in [1.807, 2.05) is 29.0 Å². The van der Waals surface area contributed by atoms with Gasteiger partial charge in [-0.05, 0) is 55.3 Å². The second kappa shape index (κ2) is 7.65. The van der Waals surface area contributed by atoms with E-state index in [4.69, 9.17) is 4.74 Å². The first kappa shape index (κ1) is 20.2. The molecule has 0 N–H and O–H groups in total. The number of para-hydroxylation sites is 1. The molecule has 2 aromatic heterocycles. The summed E-state index contributed by atoms with van der Waals surface area (Å²) in [6.45, 7) is 5.36. The van der Waals surface area contributed by atoms with Crippen molar-refractivity contribution in [1.82, 2.24) is 9.78 Å². The number of thiophene rings is 1. The number of Topliss-reactive ketones (excluding diaryl/α,β-unsaturated/α-hetero) is 1. The maximum Gasteiger partial charge on any atom is 0.435 e. The van der Waals surface area contributed by atoms with E-state index in [2.05, 4.69) is 5.10 Å². The summed E-state index contributed by atoms with van der Waals surface area (Å²) in [6, 6.07) is 9.15. The van der Waals surface area contributed by atoms with E-state index in [1.54, 1.807) is 39.0 Å². The van der Waals surface area contributed by atoms with Gasteiger partial charge in [-0.2, -0.15) is 21.1 Å². The lowest BCUT2D eigenvalue weighted by molar-refractivity contribution is -0.131. The Labute approximate surface area is 178 Å². The van der Waals surface area contributed by atoms with Gasteiger partial charge in [0.05, 0.1) is 23.0 Å². The number of benzene rings is 1. The summed E-state index contributed by atoms with van der Waals surface area (Å²) in [5, 5.41) is 9.00. The van der Waals surface area contributed by atoms with Gasteiger partial charge in [0, 0.05) is 11.8 Å². The van der Waals surface area contributed by atoms with Crippen LogP contribution in [-0.4, -0.2) is 33.0 Å². The second-order valence-electron chi connectivity index (χ2n) is 8.31. The molecule has 30 heavy (non-hydrogen) atoms. The predicted octanol–water partition coefficient (Wildman–Crippen LogP) is 4.53. The van der Waals surface area contributed by atoms with Crippen LogP contribution in [0, 0.1) is 5.92 Å². The van der Waals surface area contributed by atoms with Crippen molar-refractivity contribution in [3.63, 3.8) is 0 Å². The third kappa shape index (κ3) is 3.85. The molecule has 2 heterocycles.